The molecule has 3 amide bonds. The number of carbonyl (C=O) groups is 3. The molecule has 0 saturated carbocycles. The van der Waals surface area contributed by atoms with Gasteiger partial charge in [0.25, 0.3) is 0 Å². The molecule has 2 aliphatic heterocycles. The average molecular weight is 346 g/mol. The van der Waals surface area contributed by atoms with Crippen molar-refractivity contribution in [2.45, 2.75) is 45.6 Å². The first-order valence-electron chi connectivity index (χ1n) is 8.52. The lowest BCUT2D eigenvalue weighted by atomic mass is 10.1. The summed E-state index contributed by atoms with van der Waals surface area (Å²) in [5.41, 5.74) is 1.66. The van der Waals surface area contributed by atoms with Crippen LogP contribution in [0.25, 0.3) is 0 Å². The number of likely N-dealkylation sites (tertiary alicyclic amines) is 2. The fraction of sp³-hybridized carbons (Fsp3) is 0.588. The lowest BCUT2D eigenvalue weighted by molar-refractivity contribution is -0.146. The van der Waals surface area contributed by atoms with Gasteiger partial charge in [-0.05, 0) is 32.8 Å². The smallest absolute Gasteiger partial charge is 0.317 e. The number of hydrogen-bond acceptors (Lipinski definition) is 6. The van der Waals surface area contributed by atoms with Crippen LogP contribution in [0.1, 0.15) is 37.1 Å². The molecule has 0 unspecified atom stereocenters. The van der Waals surface area contributed by atoms with Crippen molar-refractivity contribution in [1.82, 2.24) is 19.8 Å². The van der Waals surface area contributed by atoms with Crippen LogP contribution in [0, 0.1) is 13.8 Å². The minimum absolute atomic E-state index is 0.176. The van der Waals surface area contributed by atoms with Crippen molar-refractivity contribution < 1.29 is 19.1 Å². The summed E-state index contributed by atoms with van der Waals surface area (Å²) in [6.45, 7) is 4.59. The normalized spacial score (nSPS) is 21.0. The van der Waals surface area contributed by atoms with Gasteiger partial charge in [-0.2, -0.15) is 0 Å². The summed E-state index contributed by atoms with van der Waals surface area (Å²) >= 11 is 0. The summed E-state index contributed by atoms with van der Waals surface area (Å²) in [4.78, 5) is 47.0. The third-order valence-electron chi connectivity index (χ3n) is 4.41. The molecular weight excluding hydrogens is 324 g/mol. The second-order valence-corrected chi connectivity index (χ2v) is 6.53. The van der Waals surface area contributed by atoms with E-state index in [1.54, 1.807) is 4.90 Å². The number of imide groups is 1. The van der Waals surface area contributed by atoms with E-state index in [0.29, 0.717) is 19.1 Å². The molecule has 0 aliphatic carbocycles. The molecule has 1 aromatic rings. The van der Waals surface area contributed by atoms with Gasteiger partial charge >= 0.3 is 6.01 Å². The van der Waals surface area contributed by atoms with E-state index in [1.807, 2.05) is 19.9 Å². The lowest BCUT2D eigenvalue weighted by Crippen LogP contribution is -2.49. The Bertz CT molecular complexity index is 670. The standard InChI is InChI=1S/C17H22N4O4/c1-11-8-12(2)19-17(18-11)25-13-4-3-7-20(9-13)16(24)10-21-14(22)5-6-15(21)23/h8,13H,3-7,9-10H2,1-2H3/t13-/m0/s1. The topological polar surface area (TPSA) is 92.7 Å². The number of amides is 3. The highest BCUT2D eigenvalue weighted by atomic mass is 16.5. The van der Waals surface area contributed by atoms with Crippen molar-refractivity contribution in [3.05, 3.63) is 17.5 Å². The number of nitrogens with zero attached hydrogens (tertiary/aromatic N) is 4. The van der Waals surface area contributed by atoms with Crippen molar-refractivity contribution in [2.75, 3.05) is 19.6 Å². The Labute approximate surface area is 146 Å². The maximum absolute atomic E-state index is 12.4. The zero-order valence-corrected chi connectivity index (χ0v) is 14.5. The molecule has 0 bridgehead atoms. The monoisotopic (exact) mass is 346 g/mol. The van der Waals surface area contributed by atoms with Gasteiger partial charge in [0.05, 0.1) is 6.54 Å². The van der Waals surface area contributed by atoms with E-state index in [-0.39, 0.29) is 43.2 Å². The fourth-order valence-corrected chi connectivity index (χ4v) is 3.19. The minimum Gasteiger partial charge on any atom is -0.458 e. The van der Waals surface area contributed by atoms with Gasteiger partial charge in [-0.15, -0.1) is 0 Å². The van der Waals surface area contributed by atoms with Gasteiger partial charge < -0.3 is 9.64 Å². The highest BCUT2D eigenvalue weighted by molar-refractivity contribution is 6.04. The van der Waals surface area contributed by atoms with Gasteiger partial charge in [-0.1, -0.05) is 0 Å². The Morgan fingerprint density at radius 1 is 1.20 bits per heavy atom. The zero-order chi connectivity index (χ0) is 18.0. The van der Waals surface area contributed by atoms with Crippen molar-refractivity contribution >= 4 is 17.7 Å². The van der Waals surface area contributed by atoms with E-state index in [4.69, 9.17) is 4.74 Å². The maximum Gasteiger partial charge on any atom is 0.317 e. The number of ether oxygens (including phenoxy) is 1. The first kappa shape index (κ1) is 17.3. The van der Waals surface area contributed by atoms with Crippen molar-refractivity contribution in [3.63, 3.8) is 0 Å². The fourth-order valence-electron chi connectivity index (χ4n) is 3.19. The van der Waals surface area contributed by atoms with E-state index in [1.165, 1.54) is 0 Å². The number of hydrogen-bond donors (Lipinski definition) is 0. The molecule has 3 heterocycles. The Balaban J connectivity index is 1.59. The molecule has 2 fully saturated rings. The Morgan fingerprint density at radius 3 is 2.48 bits per heavy atom. The van der Waals surface area contributed by atoms with Crippen LogP contribution in [-0.2, 0) is 14.4 Å². The summed E-state index contributed by atoms with van der Waals surface area (Å²) in [6, 6.07) is 2.19. The van der Waals surface area contributed by atoms with Crippen molar-refractivity contribution in [3.8, 4) is 6.01 Å². The Morgan fingerprint density at radius 2 is 1.84 bits per heavy atom. The van der Waals surface area contributed by atoms with Crippen molar-refractivity contribution in [1.29, 1.82) is 0 Å². The van der Waals surface area contributed by atoms with Gasteiger partial charge in [-0.3, -0.25) is 19.3 Å². The van der Waals surface area contributed by atoms with Crippen LogP contribution in [0.4, 0.5) is 0 Å². The number of aromatic nitrogens is 2. The molecule has 2 aliphatic rings. The Kier molecular flexibility index (Phi) is 4.96. The van der Waals surface area contributed by atoms with Crippen LogP contribution in [-0.4, -0.2) is 63.2 Å². The molecule has 134 valence electrons. The summed E-state index contributed by atoms with van der Waals surface area (Å²) in [6.07, 6.45) is 1.80. The van der Waals surface area contributed by atoms with E-state index < -0.39 is 0 Å². The van der Waals surface area contributed by atoms with Gasteiger partial charge in [0, 0.05) is 30.8 Å². The molecule has 25 heavy (non-hydrogen) atoms. The number of rotatable bonds is 4. The second-order valence-electron chi connectivity index (χ2n) is 6.53. The molecule has 8 nitrogen and oxygen atoms in total. The van der Waals surface area contributed by atoms with E-state index in [0.717, 1.165) is 29.1 Å². The summed E-state index contributed by atoms with van der Waals surface area (Å²) in [5.74, 6) is -0.767. The van der Waals surface area contributed by atoms with Crippen LogP contribution >= 0.6 is 0 Å². The van der Waals surface area contributed by atoms with Crippen LogP contribution in [0.2, 0.25) is 0 Å². The third-order valence-corrected chi connectivity index (χ3v) is 4.41. The maximum atomic E-state index is 12.4. The highest BCUT2D eigenvalue weighted by Crippen LogP contribution is 2.18. The van der Waals surface area contributed by atoms with Gasteiger partial charge in [0.15, 0.2) is 0 Å². The predicted octanol–water partition coefficient (Wildman–Crippen LogP) is 0.612. The average Bonchev–Trinajstić information content (AvgIpc) is 2.86. The van der Waals surface area contributed by atoms with E-state index >= 15 is 0 Å². The molecule has 0 radical (unpaired) electrons. The van der Waals surface area contributed by atoms with Crippen LogP contribution in [0.5, 0.6) is 6.01 Å². The molecule has 0 spiro atoms. The summed E-state index contributed by atoms with van der Waals surface area (Å²) in [7, 11) is 0. The largest absolute Gasteiger partial charge is 0.458 e. The number of piperidine rings is 1. The SMILES string of the molecule is Cc1cc(C)nc(O[C@H]2CCCN(C(=O)CN3C(=O)CCC3=O)C2)n1. The molecule has 2 saturated heterocycles. The highest BCUT2D eigenvalue weighted by Gasteiger charge is 2.33. The minimum atomic E-state index is -0.271. The number of aryl methyl sites for hydroxylation is 2. The van der Waals surface area contributed by atoms with Gasteiger partial charge in [-0.25, -0.2) is 9.97 Å². The molecule has 3 rings (SSSR count). The molecular formula is C17H22N4O4. The summed E-state index contributed by atoms with van der Waals surface area (Å²) in [5, 5.41) is 0. The predicted molar refractivity (Wildman–Crippen MR) is 87.7 cm³/mol. The molecule has 1 atom stereocenters. The van der Waals surface area contributed by atoms with E-state index in [9.17, 15) is 14.4 Å². The number of carbonyl (C=O) groups excluding carboxylic acids is 3. The molecule has 0 N–H and O–H groups in total. The van der Waals surface area contributed by atoms with E-state index in [2.05, 4.69) is 9.97 Å². The van der Waals surface area contributed by atoms with Crippen molar-refractivity contribution in [2.24, 2.45) is 0 Å². The molecule has 1 aromatic heterocycles. The van der Waals surface area contributed by atoms with Crippen LogP contribution in [0.3, 0.4) is 0 Å². The summed E-state index contributed by atoms with van der Waals surface area (Å²) < 4.78 is 5.85. The first-order chi connectivity index (χ1) is 11.9. The first-order valence-corrected chi connectivity index (χ1v) is 8.52. The molecule has 8 heteroatoms. The quantitative estimate of drug-likeness (QED) is 0.742. The van der Waals surface area contributed by atoms with Gasteiger partial charge in [0.1, 0.15) is 12.6 Å². The third kappa shape index (κ3) is 4.12. The van der Waals surface area contributed by atoms with Crippen LogP contribution in [0.15, 0.2) is 6.07 Å². The van der Waals surface area contributed by atoms with Crippen LogP contribution < -0.4 is 4.74 Å². The zero-order valence-electron chi connectivity index (χ0n) is 14.5. The Hall–Kier alpha value is -2.51. The lowest BCUT2D eigenvalue weighted by Gasteiger charge is -2.33. The van der Waals surface area contributed by atoms with Gasteiger partial charge in [0.2, 0.25) is 17.7 Å². The second kappa shape index (κ2) is 7.16. The molecule has 0 aromatic carbocycles.